The van der Waals surface area contributed by atoms with E-state index in [1.807, 2.05) is 0 Å². The second kappa shape index (κ2) is 5.94. The molecule has 5 heteroatoms. The van der Waals surface area contributed by atoms with Crippen LogP contribution in [0.4, 0.5) is 0 Å². The quantitative estimate of drug-likeness (QED) is 0.886. The van der Waals surface area contributed by atoms with Gasteiger partial charge in [-0.1, -0.05) is 0 Å². The zero-order valence-electron chi connectivity index (χ0n) is 11.5. The summed E-state index contributed by atoms with van der Waals surface area (Å²) in [4.78, 5) is 25.5. The predicted molar refractivity (Wildman–Crippen MR) is 73.7 cm³/mol. The Labute approximate surface area is 117 Å². The maximum absolute atomic E-state index is 12.5. The summed E-state index contributed by atoms with van der Waals surface area (Å²) in [5.74, 6) is -0.474. The molecule has 0 radical (unpaired) electrons. The standard InChI is InChI=1S/C15H19NO4/c1-10(17)6-12-4-2-3-5-16(12)15(20)11-7-13(18)9-14(19)8-11/h7-9,12,18-19H,2-6H2,1H3. The molecule has 108 valence electrons. The van der Waals surface area contributed by atoms with Crippen molar-refractivity contribution in [2.45, 2.75) is 38.6 Å². The highest BCUT2D eigenvalue weighted by atomic mass is 16.3. The first kappa shape index (κ1) is 14.4. The number of phenols is 2. The third kappa shape index (κ3) is 3.29. The van der Waals surface area contributed by atoms with Gasteiger partial charge in [0.25, 0.3) is 5.91 Å². The largest absolute Gasteiger partial charge is 0.508 e. The Morgan fingerprint density at radius 2 is 1.85 bits per heavy atom. The molecule has 0 aromatic heterocycles. The van der Waals surface area contributed by atoms with Crippen molar-refractivity contribution in [1.82, 2.24) is 4.90 Å². The average molecular weight is 277 g/mol. The molecular weight excluding hydrogens is 258 g/mol. The first-order valence-corrected chi connectivity index (χ1v) is 6.81. The van der Waals surface area contributed by atoms with Crippen molar-refractivity contribution in [2.24, 2.45) is 0 Å². The Morgan fingerprint density at radius 3 is 2.45 bits per heavy atom. The number of hydrogen-bond acceptors (Lipinski definition) is 4. The van der Waals surface area contributed by atoms with E-state index in [9.17, 15) is 19.8 Å². The van der Waals surface area contributed by atoms with Crippen LogP contribution in [-0.2, 0) is 4.79 Å². The van der Waals surface area contributed by atoms with Crippen molar-refractivity contribution >= 4 is 11.7 Å². The van der Waals surface area contributed by atoms with Crippen molar-refractivity contribution in [3.8, 4) is 11.5 Å². The van der Waals surface area contributed by atoms with Gasteiger partial charge >= 0.3 is 0 Å². The minimum absolute atomic E-state index is 0.0634. The van der Waals surface area contributed by atoms with Gasteiger partial charge in [-0.25, -0.2) is 0 Å². The van der Waals surface area contributed by atoms with Crippen LogP contribution in [0.1, 0.15) is 43.0 Å². The second-order valence-corrected chi connectivity index (χ2v) is 5.29. The Kier molecular flexibility index (Phi) is 4.27. The van der Waals surface area contributed by atoms with E-state index >= 15 is 0 Å². The van der Waals surface area contributed by atoms with E-state index in [0.717, 1.165) is 19.3 Å². The average Bonchev–Trinajstić information content (AvgIpc) is 2.36. The van der Waals surface area contributed by atoms with E-state index in [1.54, 1.807) is 4.90 Å². The number of likely N-dealkylation sites (tertiary alicyclic amines) is 1. The van der Waals surface area contributed by atoms with E-state index in [0.29, 0.717) is 13.0 Å². The molecule has 0 bridgehead atoms. The topological polar surface area (TPSA) is 77.8 Å². The summed E-state index contributed by atoms with van der Waals surface area (Å²) in [6.07, 6.45) is 3.09. The number of benzene rings is 1. The molecule has 1 aliphatic rings. The number of aromatic hydroxyl groups is 2. The molecule has 5 nitrogen and oxygen atoms in total. The number of piperidine rings is 1. The molecule has 2 rings (SSSR count). The van der Waals surface area contributed by atoms with E-state index in [2.05, 4.69) is 0 Å². The number of amides is 1. The number of nitrogens with zero attached hydrogens (tertiary/aromatic N) is 1. The van der Waals surface area contributed by atoms with Gasteiger partial charge in [0, 0.05) is 30.6 Å². The van der Waals surface area contributed by atoms with Gasteiger partial charge in [0.05, 0.1) is 0 Å². The van der Waals surface area contributed by atoms with Crippen LogP contribution in [0.25, 0.3) is 0 Å². The van der Waals surface area contributed by atoms with Crippen LogP contribution in [0.15, 0.2) is 18.2 Å². The van der Waals surface area contributed by atoms with Crippen molar-refractivity contribution in [2.75, 3.05) is 6.54 Å². The number of carbonyl (C=O) groups is 2. The van der Waals surface area contributed by atoms with Crippen molar-refractivity contribution in [3.05, 3.63) is 23.8 Å². The molecule has 1 fully saturated rings. The lowest BCUT2D eigenvalue weighted by atomic mass is 9.96. The van der Waals surface area contributed by atoms with Crippen molar-refractivity contribution in [3.63, 3.8) is 0 Å². The summed E-state index contributed by atoms with van der Waals surface area (Å²) in [6, 6.07) is 3.77. The maximum atomic E-state index is 12.5. The molecule has 1 amide bonds. The molecule has 1 aromatic carbocycles. The van der Waals surface area contributed by atoms with Gasteiger partial charge < -0.3 is 15.1 Å². The van der Waals surface area contributed by atoms with Gasteiger partial charge in [0.1, 0.15) is 17.3 Å². The predicted octanol–water partition coefficient (Wildman–Crippen LogP) is 2.07. The third-order valence-corrected chi connectivity index (χ3v) is 3.56. The molecule has 1 unspecified atom stereocenters. The molecule has 1 aromatic rings. The zero-order chi connectivity index (χ0) is 14.7. The highest BCUT2D eigenvalue weighted by molar-refractivity contribution is 5.95. The maximum Gasteiger partial charge on any atom is 0.254 e. The van der Waals surface area contributed by atoms with Crippen LogP contribution in [0.3, 0.4) is 0 Å². The summed E-state index contributed by atoms with van der Waals surface area (Å²) >= 11 is 0. The molecule has 0 spiro atoms. The summed E-state index contributed by atoms with van der Waals surface area (Å²) in [5, 5.41) is 18.9. The highest BCUT2D eigenvalue weighted by Gasteiger charge is 2.28. The molecule has 1 aliphatic heterocycles. The number of hydrogen-bond donors (Lipinski definition) is 2. The summed E-state index contributed by atoms with van der Waals surface area (Å²) in [7, 11) is 0. The van der Waals surface area contributed by atoms with Gasteiger partial charge in [0.15, 0.2) is 0 Å². The van der Waals surface area contributed by atoms with Gasteiger partial charge in [-0.2, -0.15) is 0 Å². The van der Waals surface area contributed by atoms with Gasteiger partial charge in [-0.05, 0) is 38.3 Å². The smallest absolute Gasteiger partial charge is 0.254 e. The van der Waals surface area contributed by atoms with E-state index in [4.69, 9.17) is 0 Å². The Morgan fingerprint density at radius 1 is 1.20 bits per heavy atom. The fraction of sp³-hybridized carbons (Fsp3) is 0.467. The number of ketones is 1. The molecule has 2 N–H and O–H groups in total. The van der Waals surface area contributed by atoms with Crippen LogP contribution in [0.5, 0.6) is 11.5 Å². The summed E-state index contributed by atoms with van der Waals surface area (Å²) in [6.45, 7) is 2.13. The number of carbonyl (C=O) groups excluding carboxylic acids is 2. The fourth-order valence-corrected chi connectivity index (χ4v) is 2.70. The molecule has 1 saturated heterocycles. The lowest BCUT2D eigenvalue weighted by Gasteiger charge is -2.35. The number of rotatable bonds is 3. The van der Waals surface area contributed by atoms with Crippen LogP contribution in [0.2, 0.25) is 0 Å². The van der Waals surface area contributed by atoms with Gasteiger partial charge in [0.2, 0.25) is 0 Å². The van der Waals surface area contributed by atoms with Gasteiger partial charge in [-0.3, -0.25) is 9.59 Å². The Bertz CT molecular complexity index is 506. The van der Waals surface area contributed by atoms with Crippen molar-refractivity contribution < 1.29 is 19.8 Å². The lowest BCUT2D eigenvalue weighted by molar-refractivity contribution is -0.118. The first-order chi connectivity index (χ1) is 9.47. The van der Waals surface area contributed by atoms with Gasteiger partial charge in [-0.15, -0.1) is 0 Å². The highest BCUT2D eigenvalue weighted by Crippen LogP contribution is 2.26. The fourth-order valence-electron chi connectivity index (χ4n) is 2.70. The molecule has 0 saturated carbocycles. The van der Waals surface area contributed by atoms with E-state index in [1.165, 1.54) is 25.1 Å². The van der Waals surface area contributed by atoms with Crippen LogP contribution in [-0.4, -0.2) is 39.4 Å². The molecule has 0 aliphatic carbocycles. The number of phenolic OH excluding ortho intramolecular Hbond substituents is 2. The first-order valence-electron chi connectivity index (χ1n) is 6.81. The van der Waals surface area contributed by atoms with Crippen LogP contribution < -0.4 is 0 Å². The zero-order valence-corrected chi connectivity index (χ0v) is 11.5. The number of Topliss-reactive ketones (excluding diaryl/α,β-unsaturated/α-hetero) is 1. The third-order valence-electron chi connectivity index (χ3n) is 3.56. The lowest BCUT2D eigenvalue weighted by Crippen LogP contribution is -2.44. The summed E-state index contributed by atoms with van der Waals surface area (Å²) < 4.78 is 0. The molecule has 20 heavy (non-hydrogen) atoms. The van der Waals surface area contributed by atoms with E-state index < -0.39 is 0 Å². The SMILES string of the molecule is CC(=O)CC1CCCCN1C(=O)c1cc(O)cc(O)c1. The van der Waals surface area contributed by atoms with Crippen molar-refractivity contribution in [1.29, 1.82) is 0 Å². The van der Waals surface area contributed by atoms with Crippen LogP contribution in [0, 0.1) is 0 Å². The van der Waals surface area contributed by atoms with E-state index in [-0.39, 0.29) is 34.8 Å². The second-order valence-electron chi connectivity index (χ2n) is 5.29. The minimum atomic E-state index is -0.248. The Hall–Kier alpha value is -2.04. The van der Waals surface area contributed by atoms with Crippen LogP contribution >= 0.6 is 0 Å². The summed E-state index contributed by atoms with van der Waals surface area (Å²) in [5.41, 5.74) is 0.248. The minimum Gasteiger partial charge on any atom is -0.508 e. The molecule has 1 heterocycles. The monoisotopic (exact) mass is 277 g/mol. The Balaban J connectivity index is 2.22. The molecule has 1 atom stereocenters. The normalized spacial score (nSPS) is 18.9. The molecular formula is C15H19NO4.